The van der Waals surface area contributed by atoms with E-state index >= 15 is 0 Å². The maximum absolute atomic E-state index is 11.8. The molecule has 1 atom stereocenters. The van der Waals surface area contributed by atoms with Crippen LogP contribution in [-0.2, 0) is 28.6 Å². The number of aromatic nitrogens is 2. The summed E-state index contributed by atoms with van der Waals surface area (Å²) in [5.41, 5.74) is 1.92. The van der Waals surface area contributed by atoms with Gasteiger partial charge in [-0.15, -0.1) is 0 Å². The van der Waals surface area contributed by atoms with Crippen LogP contribution in [0.3, 0.4) is 0 Å². The number of aryl methyl sites for hydroxylation is 1. The SMILES string of the molecule is CC.CCc1cc(-c2noc(COC3CCNCC3)n2)ccc1S(C)=O. The molecular formula is C19H29N3O3S. The lowest BCUT2D eigenvalue weighted by Gasteiger charge is -2.21. The molecule has 144 valence electrons. The molecule has 0 saturated carbocycles. The van der Waals surface area contributed by atoms with Gasteiger partial charge in [0.1, 0.15) is 6.61 Å². The first kappa shape index (κ1) is 20.7. The Kier molecular flexibility index (Phi) is 8.41. The molecule has 2 heterocycles. The summed E-state index contributed by atoms with van der Waals surface area (Å²) >= 11 is 0. The molecule has 1 aromatic heterocycles. The molecule has 0 bridgehead atoms. The van der Waals surface area contributed by atoms with E-state index in [1.165, 1.54) is 0 Å². The number of ether oxygens (including phenoxy) is 1. The molecule has 0 amide bonds. The van der Waals surface area contributed by atoms with Gasteiger partial charge in [0.05, 0.1) is 16.9 Å². The first-order valence-electron chi connectivity index (χ1n) is 9.29. The van der Waals surface area contributed by atoms with Crippen molar-refractivity contribution in [3.8, 4) is 11.4 Å². The van der Waals surface area contributed by atoms with Crippen molar-refractivity contribution in [1.29, 1.82) is 0 Å². The van der Waals surface area contributed by atoms with E-state index in [-0.39, 0.29) is 6.10 Å². The second kappa shape index (κ2) is 10.5. The fourth-order valence-electron chi connectivity index (χ4n) is 2.86. The molecule has 3 rings (SSSR count). The van der Waals surface area contributed by atoms with Gasteiger partial charge in [0.2, 0.25) is 5.82 Å². The summed E-state index contributed by atoms with van der Waals surface area (Å²) in [6.07, 6.45) is 4.78. The van der Waals surface area contributed by atoms with Crippen LogP contribution < -0.4 is 5.32 Å². The van der Waals surface area contributed by atoms with E-state index in [0.717, 1.165) is 48.4 Å². The van der Waals surface area contributed by atoms with E-state index in [0.29, 0.717) is 18.3 Å². The molecule has 7 heteroatoms. The molecular weight excluding hydrogens is 350 g/mol. The highest BCUT2D eigenvalue weighted by Crippen LogP contribution is 2.23. The van der Waals surface area contributed by atoms with Gasteiger partial charge in [0.25, 0.3) is 5.89 Å². The average molecular weight is 380 g/mol. The van der Waals surface area contributed by atoms with Crippen molar-refractivity contribution in [3.63, 3.8) is 0 Å². The van der Waals surface area contributed by atoms with Crippen molar-refractivity contribution in [2.45, 2.75) is 57.6 Å². The van der Waals surface area contributed by atoms with Crippen LogP contribution in [0, 0.1) is 0 Å². The summed E-state index contributed by atoms with van der Waals surface area (Å²) in [6.45, 7) is 8.37. The fraction of sp³-hybridized carbons (Fsp3) is 0.579. The Morgan fingerprint density at radius 3 is 2.69 bits per heavy atom. The Bertz CT molecular complexity index is 712. The van der Waals surface area contributed by atoms with Gasteiger partial charge in [0.15, 0.2) is 0 Å². The number of piperidine rings is 1. The first-order valence-corrected chi connectivity index (χ1v) is 10.8. The molecule has 6 nitrogen and oxygen atoms in total. The van der Waals surface area contributed by atoms with Gasteiger partial charge in [-0.2, -0.15) is 4.98 Å². The Labute approximate surface area is 158 Å². The number of hydrogen-bond acceptors (Lipinski definition) is 6. The molecule has 26 heavy (non-hydrogen) atoms. The van der Waals surface area contributed by atoms with Gasteiger partial charge in [-0.1, -0.05) is 25.9 Å². The fourth-order valence-corrected chi connectivity index (χ4v) is 3.69. The summed E-state index contributed by atoms with van der Waals surface area (Å²) < 4.78 is 22.9. The van der Waals surface area contributed by atoms with Crippen LogP contribution in [0.1, 0.15) is 45.1 Å². The number of rotatable bonds is 6. The van der Waals surface area contributed by atoms with Gasteiger partial charge in [-0.25, -0.2) is 0 Å². The highest BCUT2D eigenvalue weighted by atomic mass is 32.2. The molecule has 1 N–H and O–H groups in total. The Hall–Kier alpha value is -1.57. The smallest absolute Gasteiger partial charge is 0.252 e. The lowest BCUT2D eigenvalue weighted by atomic mass is 10.1. The van der Waals surface area contributed by atoms with Crippen LogP contribution >= 0.6 is 0 Å². The van der Waals surface area contributed by atoms with Crippen LogP contribution in [0.15, 0.2) is 27.6 Å². The zero-order valence-electron chi connectivity index (χ0n) is 16.1. The molecule has 1 aliphatic rings. The summed E-state index contributed by atoms with van der Waals surface area (Å²) in [7, 11) is -0.995. The zero-order chi connectivity index (χ0) is 18.9. The van der Waals surface area contributed by atoms with Gasteiger partial charge in [-0.05, 0) is 56.1 Å². The molecule has 0 radical (unpaired) electrons. The Morgan fingerprint density at radius 1 is 1.31 bits per heavy atom. The minimum Gasteiger partial charge on any atom is -0.368 e. The van der Waals surface area contributed by atoms with E-state index < -0.39 is 10.8 Å². The van der Waals surface area contributed by atoms with E-state index in [1.807, 2.05) is 39.0 Å². The molecule has 2 aromatic rings. The third-order valence-electron chi connectivity index (χ3n) is 4.21. The molecule has 1 fully saturated rings. The average Bonchev–Trinajstić information content (AvgIpc) is 3.17. The highest BCUT2D eigenvalue weighted by molar-refractivity contribution is 7.84. The van der Waals surface area contributed by atoms with Crippen LogP contribution in [0.5, 0.6) is 0 Å². The molecule has 0 aliphatic carbocycles. The van der Waals surface area contributed by atoms with E-state index in [2.05, 4.69) is 15.5 Å². The van der Waals surface area contributed by atoms with Crippen molar-refractivity contribution in [1.82, 2.24) is 15.5 Å². The molecule has 1 saturated heterocycles. The number of benzene rings is 1. The molecule has 1 unspecified atom stereocenters. The molecule has 1 aliphatic heterocycles. The van der Waals surface area contributed by atoms with Gasteiger partial charge in [-0.3, -0.25) is 4.21 Å². The Morgan fingerprint density at radius 2 is 2.04 bits per heavy atom. The third-order valence-corrected chi connectivity index (χ3v) is 5.22. The van der Waals surface area contributed by atoms with Crippen LogP contribution in [-0.4, -0.2) is 39.8 Å². The predicted molar refractivity (Wildman–Crippen MR) is 103 cm³/mol. The standard InChI is InChI=1S/C17H23N3O3S.C2H6/c1-3-12-10-13(4-5-15(12)24(2)21)17-19-16(23-20-17)11-22-14-6-8-18-9-7-14;1-2/h4-5,10,14,18H,3,6-9,11H2,1-2H3;1-2H3. The monoisotopic (exact) mass is 379 g/mol. The largest absolute Gasteiger partial charge is 0.368 e. The van der Waals surface area contributed by atoms with Crippen LogP contribution in [0.4, 0.5) is 0 Å². The van der Waals surface area contributed by atoms with Crippen molar-refractivity contribution in [3.05, 3.63) is 29.7 Å². The highest BCUT2D eigenvalue weighted by Gasteiger charge is 2.16. The zero-order valence-corrected chi connectivity index (χ0v) is 16.9. The topological polar surface area (TPSA) is 77.2 Å². The predicted octanol–water partition coefficient (Wildman–Crippen LogP) is 3.33. The first-order chi connectivity index (χ1) is 12.7. The van der Waals surface area contributed by atoms with E-state index in [4.69, 9.17) is 9.26 Å². The third kappa shape index (κ3) is 5.46. The summed E-state index contributed by atoms with van der Waals surface area (Å²) in [4.78, 5) is 5.28. The van der Waals surface area contributed by atoms with Crippen molar-refractivity contribution < 1.29 is 13.5 Å². The van der Waals surface area contributed by atoms with Gasteiger partial charge < -0.3 is 14.6 Å². The summed E-state index contributed by atoms with van der Waals surface area (Å²) in [5, 5.41) is 7.35. The molecule has 0 spiro atoms. The maximum atomic E-state index is 11.8. The maximum Gasteiger partial charge on any atom is 0.252 e. The quantitative estimate of drug-likeness (QED) is 0.829. The Balaban J connectivity index is 0.00000117. The summed E-state index contributed by atoms with van der Waals surface area (Å²) in [6, 6.07) is 5.75. The second-order valence-corrected chi connectivity index (χ2v) is 7.25. The van der Waals surface area contributed by atoms with Crippen molar-refractivity contribution in [2.75, 3.05) is 19.3 Å². The summed E-state index contributed by atoms with van der Waals surface area (Å²) in [5.74, 6) is 1.03. The van der Waals surface area contributed by atoms with Gasteiger partial charge >= 0.3 is 0 Å². The van der Waals surface area contributed by atoms with Crippen molar-refractivity contribution >= 4 is 10.8 Å². The van der Waals surface area contributed by atoms with E-state index in [1.54, 1.807) is 6.26 Å². The minimum atomic E-state index is -0.995. The van der Waals surface area contributed by atoms with E-state index in [9.17, 15) is 4.21 Å². The normalized spacial score (nSPS) is 16.0. The number of nitrogens with zero attached hydrogens (tertiary/aromatic N) is 2. The molecule has 1 aromatic carbocycles. The number of nitrogens with one attached hydrogen (secondary N) is 1. The lowest BCUT2D eigenvalue weighted by Crippen LogP contribution is -2.32. The minimum absolute atomic E-state index is 0.257. The van der Waals surface area contributed by atoms with Crippen molar-refractivity contribution in [2.24, 2.45) is 0 Å². The second-order valence-electron chi connectivity index (χ2n) is 5.90. The number of hydrogen-bond donors (Lipinski definition) is 1. The van der Waals surface area contributed by atoms with Crippen LogP contribution in [0.2, 0.25) is 0 Å². The van der Waals surface area contributed by atoms with Crippen LogP contribution in [0.25, 0.3) is 11.4 Å². The lowest BCUT2D eigenvalue weighted by molar-refractivity contribution is 0.00859. The van der Waals surface area contributed by atoms with Gasteiger partial charge in [0, 0.05) is 16.7 Å².